The van der Waals surface area contributed by atoms with Crippen molar-refractivity contribution in [3.05, 3.63) is 87.8 Å². The van der Waals surface area contributed by atoms with Crippen LogP contribution in [0.25, 0.3) is 10.1 Å². The highest BCUT2D eigenvalue weighted by Gasteiger charge is 2.20. The van der Waals surface area contributed by atoms with Crippen molar-refractivity contribution in [1.82, 2.24) is 5.43 Å². The first-order valence-electron chi connectivity index (χ1n) is 10.6. The number of carbonyl (C=O) groups excluding carboxylic acids is 3. The molecule has 1 heterocycles. The first kappa shape index (κ1) is 24.9. The Labute approximate surface area is 215 Å². The van der Waals surface area contributed by atoms with Crippen molar-refractivity contribution in [2.24, 2.45) is 5.10 Å². The van der Waals surface area contributed by atoms with Crippen LogP contribution in [0, 0.1) is 6.92 Å². The van der Waals surface area contributed by atoms with Gasteiger partial charge in [0.15, 0.2) is 11.5 Å². The van der Waals surface area contributed by atoms with Crippen molar-refractivity contribution in [2.75, 3.05) is 12.4 Å². The lowest BCUT2D eigenvalue weighted by molar-refractivity contribution is -0.136. The van der Waals surface area contributed by atoms with Crippen molar-refractivity contribution < 1.29 is 23.9 Å². The highest BCUT2D eigenvalue weighted by Crippen LogP contribution is 2.37. The lowest BCUT2D eigenvalue weighted by atomic mass is 10.2. The van der Waals surface area contributed by atoms with Gasteiger partial charge in [-0.15, -0.1) is 11.3 Å². The third-order valence-corrected chi connectivity index (χ3v) is 6.63. The van der Waals surface area contributed by atoms with E-state index in [2.05, 4.69) is 15.8 Å². The maximum atomic E-state index is 12.8. The number of carbonyl (C=O) groups is 3. The van der Waals surface area contributed by atoms with Gasteiger partial charge in [0.1, 0.15) is 4.88 Å². The van der Waals surface area contributed by atoms with Gasteiger partial charge >= 0.3 is 17.8 Å². The molecule has 0 atom stereocenters. The van der Waals surface area contributed by atoms with Gasteiger partial charge in [0.2, 0.25) is 0 Å². The summed E-state index contributed by atoms with van der Waals surface area (Å²) < 4.78 is 11.7. The average Bonchev–Trinajstić information content (AvgIpc) is 3.21. The molecule has 2 amide bonds. The zero-order valence-corrected chi connectivity index (χ0v) is 20.8. The Morgan fingerprint density at radius 1 is 0.972 bits per heavy atom. The van der Waals surface area contributed by atoms with Crippen LogP contribution in [-0.4, -0.2) is 31.1 Å². The molecule has 0 spiro atoms. The van der Waals surface area contributed by atoms with E-state index in [0.717, 1.165) is 15.6 Å². The third-order valence-electron chi connectivity index (χ3n) is 4.97. The van der Waals surface area contributed by atoms with E-state index in [-0.39, 0.29) is 16.4 Å². The standard InChI is InChI=1S/C26H20ClN3O5S/c1-15-6-5-7-17(12-15)29-24(31)25(32)30-28-14-16-10-11-19(20(13-16)34-2)35-26(33)23-22(27)18-8-3-4-9-21(18)36-23/h3-14H,1-2H3,(H,29,31)(H,30,32). The number of ether oxygens (including phenoxy) is 2. The quantitative estimate of drug-likeness (QED) is 0.119. The first-order chi connectivity index (χ1) is 17.4. The molecule has 36 heavy (non-hydrogen) atoms. The van der Waals surface area contributed by atoms with Crippen LogP contribution in [0.5, 0.6) is 11.5 Å². The Morgan fingerprint density at radius 2 is 1.78 bits per heavy atom. The number of esters is 1. The molecule has 182 valence electrons. The SMILES string of the molecule is COc1cc(C=NNC(=O)C(=O)Nc2cccc(C)c2)ccc1OC(=O)c1sc2ccccc2c1Cl. The fourth-order valence-corrected chi connectivity index (χ4v) is 4.65. The number of fused-ring (bicyclic) bond motifs is 1. The predicted molar refractivity (Wildman–Crippen MR) is 140 cm³/mol. The summed E-state index contributed by atoms with van der Waals surface area (Å²) in [5, 5.41) is 7.43. The average molecular weight is 522 g/mol. The van der Waals surface area contributed by atoms with Crippen molar-refractivity contribution in [1.29, 1.82) is 0 Å². The van der Waals surface area contributed by atoms with Crippen LogP contribution in [0.15, 0.2) is 71.8 Å². The Balaban J connectivity index is 1.40. The van der Waals surface area contributed by atoms with Crippen LogP contribution in [0.3, 0.4) is 0 Å². The summed E-state index contributed by atoms with van der Waals surface area (Å²) in [7, 11) is 1.43. The number of hydrazone groups is 1. The molecule has 0 radical (unpaired) electrons. The summed E-state index contributed by atoms with van der Waals surface area (Å²) in [4.78, 5) is 37.1. The fourth-order valence-electron chi connectivity index (χ4n) is 3.27. The number of nitrogens with one attached hydrogen (secondary N) is 2. The molecule has 4 rings (SSSR count). The molecule has 2 N–H and O–H groups in total. The summed E-state index contributed by atoms with van der Waals surface area (Å²) in [6, 6.07) is 19.2. The van der Waals surface area contributed by atoms with Gasteiger partial charge in [0.25, 0.3) is 0 Å². The van der Waals surface area contributed by atoms with E-state index in [1.165, 1.54) is 30.7 Å². The summed E-state index contributed by atoms with van der Waals surface area (Å²) >= 11 is 7.62. The van der Waals surface area contributed by atoms with Crippen LogP contribution in [-0.2, 0) is 9.59 Å². The highest BCUT2D eigenvalue weighted by molar-refractivity contribution is 7.21. The van der Waals surface area contributed by atoms with Crippen molar-refractivity contribution in [3.8, 4) is 11.5 Å². The Hall–Kier alpha value is -4.21. The van der Waals surface area contributed by atoms with E-state index >= 15 is 0 Å². The highest BCUT2D eigenvalue weighted by atomic mass is 35.5. The molecular weight excluding hydrogens is 502 g/mol. The van der Waals surface area contributed by atoms with Gasteiger partial charge in [-0.3, -0.25) is 9.59 Å². The molecule has 0 fully saturated rings. The Kier molecular flexibility index (Phi) is 7.62. The number of hydrogen-bond donors (Lipinski definition) is 2. The molecule has 0 aliphatic heterocycles. The Morgan fingerprint density at radius 3 is 2.53 bits per heavy atom. The molecular formula is C26H20ClN3O5S. The minimum absolute atomic E-state index is 0.190. The number of hydrogen-bond acceptors (Lipinski definition) is 7. The number of rotatable bonds is 6. The van der Waals surface area contributed by atoms with Crippen molar-refractivity contribution in [3.63, 3.8) is 0 Å². The van der Waals surface area contributed by atoms with E-state index in [9.17, 15) is 14.4 Å². The molecule has 3 aromatic carbocycles. The second-order valence-electron chi connectivity index (χ2n) is 7.56. The molecule has 0 saturated carbocycles. The third kappa shape index (κ3) is 5.70. The van der Waals surface area contributed by atoms with Gasteiger partial charge < -0.3 is 14.8 Å². The van der Waals surface area contributed by atoms with E-state index in [1.807, 2.05) is 37.3 Å². The smallest absolute Gasteiger partial charge is 0.355 e. The van der Waals surface area contributed by atoms with Crippen molar-refractivity contribution in [2.45, 2.75) is 6.92 Å². The maximum absolute atomic E-state index is 12.8. The lowest BCUT2D eigenvalue weighted by Crippen LogP contribution is -2.32. The summed E-state index contributed by atoms with van der Waals surface area (Å²) in [6.07, 6.45) is 1.33. The number of amides is 2. The van der Waals surface area contributed by atoms with E-state index < -0.39 is 17.8 Å². The molecule has 0 bridgehead atoms. The number of aryl methyl sites for hydroxylation is 1. The van der Waals surface area contributed by atoms with E-state index in [0.29, 0.717) is 16.3 Å². The van der Waals surface area contributed by atoms with Gasteiger partial charge in [-0.1, -0.05) is 41.9 Å². The topological polar surface area (TPSA) is 106 Å². The van der Waals surface area contributed by atoms with Crippen LogP contribution in [0.4, 0.5) is 5.69 Å². The summed E-state index contributed by atoms with van der Waals surface area (Å²) in [5.74, 6) is -1.92. The van der Waals surface area contributed by atoms with Gasteiger partial charge in [-0.05, 0) is 54.4 Å². The van der Waals surface area contributed by atoms with Crippen molar-refractivity contribution >= 4 is 62.7 Å². The molecule has 4 aromatic rings. The lowest BCUT2D eigenvalue weighted by Gasteiger charge is -2.09. The largest absolute Gasteiger partial charge is 0.493 e. The van der Waals surface area contributed by atoms with Gasteiger partial charge in [0.05, 0.1) is 18.3 Å². The Bertz CT molecular complexity index is 1500. The van der Waals surface area contributed by atoms with Crippen LogP contribution >= 0.6 is 22.9 Å². The second-order valence-corrected chi connectivity index (χ2v) is 8.99. The number of halogens is 1. The molecule has 0 unspecified atom stereocenters. The molecule has 0 saturated heterocycles. The number of thiophene rings is 1. The van der Waals surface area contributed by atoms with Crippen LogP contribution in [0.1, 0.15) is 20.8 Å². The van der Waals surface area contributed by atoms with E-state index in [1.54, 1.807) is 30.3 Å². The second kappa shape index (κ2) is 11.0. The zero-order chi connectivity index (χ0) is 25.7. The van der Waals surface area contributed by atoms with Crippen LogP contribution in [0.2, 0.25) is 5.02 Å². The number of methoxy groups -OCH3 is 1. The first-order valence-corrected chi connectivity index (χ1v) is 11.8. The molecule has 10 heteroatoms. The van der Waals surface area contributed by atoms with E-state index in [4.69, 9.17) is 21.1 Å². The van der Waals surface area contributed by atoms with Gasteiger partial charge in [0, 0.05) is 15.8 Å². The summed E-state index contributed by atoms with van der Waals surface area (Å²) in [5.41, 5.74) is 4.15. The monoisotopic (exact) mass is 521 g/mol. The molecule has 8 nitrogen and oxygen atoms in total. The van der Waals surface area contributed by atoms with Crippen LogP contribution < -0.4 is 20.2 Å². The number of nitrogens with zero attached hydrogens (tertiary/aromatic N) is 1. The normalized spacial score (nSPS) is 10.9. The molecule has 0 aliphatic rings. The fraction of sp³-hybridized carbons (Fsp3) is 0.0769. The summed E-state index contributed by atoms with van der Waals surface area (Å²) in [6.45, 7) is 1.87. The maximum Gasteiger partial charge on any atom is 0.355 e. The number of anilines is 1. The minimum atomic E-state index is -0.925. The van der Waals surface area contributed by atoms with Gasteiger partial charge in [-0.2, -0.15) is 5.10 Å². The minimum Gasteiger partial charge on any atom is -0.493 e. The predicted octanol–water partition coefficient (Wildman–Crippen LogP) is 5.18. The zero-order valence-electron chi connectivity index (χ0n) is 19.2. The van der Waals surface area contributed by atoms with Gasteiger partial charge in [-0.25, -0.2) is 10.2 Å². The molecule has 1 aromatic heterocycles. The molecule has 0 aliphatic carbocycles. The number of benzene rings is 3.